The van der Waals surface area contributed by atoms with Crippen molar-refractivity contribution in [3.05, 3.63) is 47.5 Å². The molecule has 1 atom stereocenters. The normalized spacial score (nSPS) is 19.3. The Hall–Kier alpha value is -2.60. The molecule has 1 spiro atoms. The predicted octanol–water partition coefficient (Wildman–Crippen LogP) is 5.58. The highest BCUT2D eigenvalue weighted by molar-refractivity contribution is 8.00. The van der Waals surface area contributed by atoms with Crippen molar-refractivity contribution < 1.29 is 19.5 Å². The predicted molar refractivity (Wildman–Crippen MR) is 159 cm³/mol. The van der Waals surface area contributed by atoms with Crippen molar-refractivity contribution in [1.29, 1.82) is 0 Å². The zero-order valence-electron chi connectivity index (χ0n) is 22.7. The maximum absolute atomic E-state index is 13.6. The third kappa shape index (κ3) is 6.42. The van der Waals surface area contributed by atoms with Crippen LogP contribution in [0.4, 0.5) is 22.7 Å². The van der Waals surface area contributed by atoms with E-state index in [1.807, 2.05) is 24.3 Å². The number of nitrogens with zero attached hydrogens (tertiary/aromatic N) is 3. The number of ether oxygens (including phenoxy) is 1. The van der Waals surface area contributed by atoms with E-state index in [1.54, 1.807) is 18.9 Å². The highest BCUT2D eigenvalue weighted by atomic mass is 32.2. The number of hydroxylamine groups is 1. The summed E-state index contributed by atoms with van der Waals surface area (Å²) < 4.78 is 11.0. The Morgan fingerprint density at radius 1 is 1.10 bits per heavy atom. The minimum Gasteiger partial charge on any atom is -0.465 e. The monoisotopic (exact) mass is 571 g/mol. The Balaban J connectivity index is 1.33. The summed E-state index contributed by atoms with van der Waals surface area (Å²) in [5, 5.41) is 13.2. The van der Waals surface area contributed by atoms with Gasteiger partial charge in [0.15, 0.2) is 0 Å². The molecule has 9 nitrogen and oxygen atoms in total. The number of hydrogen-bond acceptors (Lipinski definition) is 10. The number of nitrogens with one attached hydrogen (secondary N) is 2. The summed E-state index contributed by atoms with van der Waals surface area (Å²) in [5.41, 5.74) is 5.95. The van der Waals surface area contributed by atoms with E-state index in [0.717, 1.165) is 71.7 Å². The first-order valence-corrected chi connectivity index (χ1v) is 15.5. The molecule has 0 radical (unpaired) electrons. The molecule has 210 valence electrons. The maximum Gasteiger partial charge on any atom is 0.323 e. The van der Waals surface area contributed by atoms with Gasteiger partial charge in [-0.15, -0.1) is 4.47 Å². The van der Waals surface area contributed by atoms with Crippen LogP contribution in [0.5, 0.6) is 0 Å². The van der Waals surface area contributed by atoms with Crippen LogP contribution in [0.25, 0.3) is 0 Å². The van der Waals surface area contributed by atoms with E-state index in [9.17, 15) is 14.8 Å². The molecule has 2 aliphatic heterocycles. The molecule has 0 aromatic heterocycles. The second-order valence-corrected chi connectivity index (χ2v) is 12.2. The van der Waals surface area contributed by atoms with Crippen molar-refractivity contribution in [2.24, 2.45) is 5.41 Å². The van der Waals surface area contributed by atoms with E-state index >= 15 is 0 Å². The molecule has 2 aromatic rings. The molecular weight excluding hydrogens is 534 g/mol. The quantitative estimate of drug-likeness (QED) is 0.191. The molecular formula is C28H37N5O4S2. The Morgan fingerprint density at radius 3 is 2.51 bits per heavy atom. The fraction of sp³-hybridized carbons (Fsp3) is 0.500. The van der Waals surface area contributed by atoms with Gasteiger partial charge >= 0.3 is 5.97 Å². The zero-order valence-corrected chi connectivity index (χ0v) is 24.4. The zero-order chi connectivity index (χ0) is 27.6. The minimum absolute atomic E-state index is 0.149. The van der Waals surface area contributed by atoms with Gasteiger partial charge in [-0.1, -0.05) is 18.0 Å². The smallest absolute Gasteiger partial charge is 0.323 e. The van der Waals surface area contributed by atoms with Gasteiger partial charge in [0, 0.05) is 36.8 Å². The van der Waals surface area contributed by atoms with Gasteiger partial charge in [-0.05, 0) is 87.3 Å². The van der Waals surface area contributed by atoms with Crippen LogP contribution in [0.2, 0.25) is 0 Å². The second-order valence-electron chi connectivity index (χ2n) is 10.6. The average molecular weight is 572 g/mol. The van der Waals surface area contributed by atoms with Crippen molar-refractivity contribution in [2.45, 2.75) is 52.0 Å². The molecule has 11 heteroatoms. The van der Waals surface area contributed by atoms with Gasteiger partial charge < -0.3 is 29.2 Å². The molecule has 0 bridgehead atoms. The number of amides is 1. The van der Waals surface area contributed by atoms with Crippen LogP contribution in [0.1, 0.15) is 55.5 Å². The third-order valence-corrected chi connectivity index (χ3v) is 9.51. The summed E-state index contributed by atoms with van der Waals surface area (Å²) in [6.07, 6.45) is 7.97. The number of esters is 1. The number of fused-ring (bicyclic) bond motifs is 1. The fourth-order valence-electron chi connectivity index (χ4n) is 5.54. The summed E-state index contributed by atoms with van der Waals surface area (Å²) in [5.74, 6) is -0.658. The van der Waals surface area contributed by atoms with E-state index in [1.165, 1.54) is 18.4 Å². The van der Waals surface area contributed by atoms with Crippen molar-refractivity contribution in [1.82, 2.24) is 4.47 Å². The Morgan fingerprint density at radius 2 is 1.82 bits per heavy atom. The van der Waals surface area contributed by atoms with E-state index in [0.29, 0.717) is 17.0 Å². The topological polar surface area (TPSA) is 97.4 Å². The van der Waals surface area contributed by atoms with Gasteiger partial charge in [0.05, 0.1) is 35.7 Å². The molecule has 2 fully saturated rings. The standard InChI is InChI=1S/C28H37N5O4S2/c1-4-37-26(34)18-32(36)39-30-22-7-8-23(25(17-22)31-13-11-28(9-10-28)12-14-31)27(35)29-21-6-5-20-15-19(2)33(38-3)24(20)16-21/h5-8,16-17,19,30,36H,4,9-15,18H2,1-3H3,(H,29,35). The van der Waals surface area contributed by atoms with Crippen LogP contribution in [0.15, 0.2) is 36.4 Å². The van der Waals surface area contributed by atoms with Gasteiger partial charge in [-0.2, -0.15) is 0 Å². The fourth-order valence-corrected chi connectivity index (χ4v) is 6.85. The van der Waals surface area contributed by atoms with Gasteiger partial charge in [-0.25, -0.2) is 0 Å². The first kappa shape index (κ1) is 27.9. The highest BCUT2D eigenvalue weighted by Crippen LogP contribution is 2.54. The second kappa shape index (κ2) is 11.9. The number of benzene rings is 2. The van der Waals surface area contributed by atoms with Gasteiger partial charge in [0.25, 0.3) is 5.91 Å². The van der Waals surface area contributed by atoms with Crippen LogP contribution in [0, 0.1) is 5.41 Å². The van der Waals surface area contributed by atoms with Gasteiger partial charge in [-0.3, -0.25) is 9.59 Å². The van der Waals surface area contributed by atoms with Crippen molar-refractivity contribution in [3.8, 4) is 0 Å². The summed E-state index contributed by atoms with van der Waals surface area (Å²) in [6, 6.07) is 12.2. The SMILES string of the molecule is CCOC(=O)CN(O)SNc1ccc(C(=O)Nc2ccc3c(c2)N(SC)C(C)C3)c(N2CCC3(CC2)CC3)c1. The van der Waals surface area contributed by atoms with E-state index in [2.05, 4.69) is 44.6 Å². The first-order valence-electron chi connectivity index (χ1n) is 13.5. The number of carbonyl (C=O) groups is 2. The first-order chi connectivity index (χ1) is 18.8. The van der Waals surface area contributed by atoms with Crippen LogP contribution in [-0.4, -0.2) is 60.1 Å². The molecule has 2 aromatic carbocycles. The molecule has 1 saturated heterocycles. The lowest BCUT2D eigenvalue weighted by atomic mass is 9.93. The Bertz CT molecular complexity index is 1210. The number of carbonyl (C=O) groups excluding carboxylic acids is 2. The molecule has 5 rings (SSSR count). The van der Waals surface area contributed by atoms with Crippen LogP contribution in [0.3, 0.4) is 0 Å². The van der Waals surface area contributed by atoms with E-state index in [-0.39, 0.29) is 19.1 Å². The Kier molecular flexibility index (Phi) is 8.51. The number of anilines is 4. The largest absolute Gasteiger partial charge is 0.465 e. The Labute approximate surface area is 239 Å². The molecule has 1 amide bonds. The summed E-state index contributed by atoms with van der Waals surface area (Å²) in [7, 11) is 0. The van der Waals surface area contributed by atoms with Crippen LogP contribution >= 0.6 is 24.1 Å². The summed E-state index contributed by atoms with van der Waals surface area (Å²) in [4.78, 5) is 27.6. The van der Waals surface area contributed by atoms with E-state index in [4.69, 9.17) is 4.74 Å². The molecule has 1 aliphatic carbocycles. The lowest BCUT2D eigenvalue weighted by Gasteiger charge is -2.35. The third-order valence-electron chi connectivity index (χ3n) is 7.90. The van der Waals surface area contributed by atoms with Crippen molar-refractivity contribution >= 4 is 58.7 Å². The highest BCUT2D eigenvalue weighted by Gasteiger charge is 2.44. The molecule has 1 unspecified atom stereocenters. The molecule has 3 N–H and O–H groups in total. The number of hydrogen-bond donors (Lipinski definition) is 3. The molecule has 2 heterocycles. The number of piperidine rings is 1. The van der Waals surface area contributed by atoms with Gasteiger partial charge in [0.2, 0.25) is 0 Å². The molecule has 39 heavy (non-hydrogen) atoms. The average Bonchev–Trinajstić information content (AvgIpc) is 3.59. The minimum atomic E-state index is -0.508. The summed E-state index contributed by atoms with van der Waals surface area (Å²) >= 11 is 2.60. The molecule has 3 aliphatic rings. The van der Waals surface area contributed by atoms with Crippen molar-refractivity contribution in [3.63, 3.8) is 0 Å². The van der Waals surface area contributed by atoms with E-state index < -0.39 is 5.97 Å². The molecule has 1 saturated carbocycles. The lowest BCUT2D eigenvalue weighted by molar-refractivity contribution is -0.148. The van der Waals surface area contributed by atoms with Crippen LogP contribution in [-0.2, 0) is 16.0 Å². The number of rotatable bonds is 10. The van der Waals surface area contributed by atoms with Crippen LogP contribution < -0.4 is 19.2 Å². The summed E-state index contributed by atoms with van der Waals surface area (Å²) in [6.45, 7) is 5.75. The maximum atomic E-state index is 13.6. The van der Waals surface area contributed by atoms with Crippen molar-refractivity contribution in [2.75, 3.05) is 51.7 Å². The van der Waals surface area contributed by atoms with Gasteiger partial charge in [0.1, 0.15) is 6.54 Å². The lowest BCUT2D eigenvalue weighted by Crippen LogP contribution is -2.35.